The predicted molar refractivity (Wildman–Crippen MR) is 90.9 cm³/mol. The van der Waals surface area contributed by atoms with E-state index in [0.29, 0.717) is 6.54 Å². The number of amides is 1. The number of fused-ring (bicyclic) bond motifs is 3. The van der Waals surface area contributed by atoms with Gasteiger partial charge in [0, 0.05) is 46.1 Å². The average molecular weight is 355 g/mol. The van der Waals surface area contributed by atoms with E-state index >= 15 is 0 Å². The van der Waals surface area contributed by atoms with E-state index < -0.39 is 0 Å². The second kappa shape index (κ2) is 5.29. The summed E-state index contributed by atoms with van der Waals surface area (Å²) < 4.78 is 0.852. The standard InChI is InChI=1S/C18H15BrN2O/c19-15-7-3-1-6-13(15)18(22)21-10-9-17-14(11-21)12-5-2-4-8-16(12)20-17/h1-8,20H,9-11H2. The summed E-state index contributed by atoms with van der Waals surface area (Å²) in [6.45, 7) is 1.42. The topological polar surface area (TPSA) is 36.1 Å². The van der Waals surface area contributed by atoms with Crippen LogP contribution >= 0.6 is 15.9 Å². The van der Waals surface area contributed by atoms with Crippen LogP contribution in [0, 0.1) is 0 Å². The fraction of sp³-hybridized carbons (Fsp3) is 0.167. The first-order chi connectivity index (χ1) is 10.7. The number of para-hydroxylation sites is 1. The van der Waals surface area contributed by atoms with Crippen LogP contribution in [0.1, 0.15) is 21.6 Å². The van der Waals surface area contributed by atoms with Crippen LogP contribution < -0.4 is 0 Å². The second-order valence-corrected chi connectivity index (χ2v) is 6.44. The molecule has 2 heterocycles. The molecule has 4 rings (SSSR count). The fourth-order valence-electron chi connectivity index (χ4n) is 3.14. The number of nitrogens with one attached hydrogen (secondary N) is 1. The first-order valence-corrected chi connectivity index (χ1v) is 8.15. The molecule has 3 nitrogen and oxygen atoms in total. The van der Waals surface area contributed by atoms with Gasteiger partial charge in [-0.05, 0) is 34.1 Å². The van der Waals surface area contributed by atoms with Crippen molar-refractivity contribution in [3.63, 3.8) is 0 Å². The second-order valence-electron chi connectivity index (χ2n) is 5.58. The molecule has 0 radical (unpaired) electrons. The van der Waals surface area contributed by atoms with Crippen LogP contribution in [-0.2, 0) is 13.0 Å². The molecule has 0 bridgehead atoms. The fourth-order valence-corrected chi connectivity index (χ4v) is 3.60. The van der Waals surface area contributed by atoms with Gasteiger partial charge in [-0.15, -0.1) is 0 Å². The number of aromatic amines is 1. The number of rotatable bonds is 1. The number of hydrogen-bond acceptors (Lipinski definition) is 1. The van der Waals surface area contributed by atoms with E-state index in [4.69, 9.17) is 0 Å². The maximum Gasteiger partial charge on any atom is 0.255 e. The molecule has 0 atom stereocenters. The minimum absolute atomic E-state index is 0.0865. The van der Waals surface area contributed by atoms with Crippen molar-refractivity contribution in [1.29, 1.82) is 0 Å². The van der Waals surface area contributed by atoms with Crippen LogP contribution in [0.15, 0.2) is 53.0 Å². The molecule has 2 aromatic carbocycles. The molecule has 110 valence electrons. The van der Waals surface area contributed by atoms with E-state index in [-0.39, 0.29) is 5.91 Å². The Labute approximate surface area is 137 Å². The van der Waals surface area contributed by atoms with E-state index in [9.17, 15) is 4.79 Å². The smallest absolute Gasteiger partial charge is 0.255 e. The summed E-state index contributed by atoms with van der Waals surface area (Å²) in [5, 5.41) is 1.22. The number of halogens is 1. The van der Waals surface area contributed by atoms with Crippen molar-refractivity contribution in [2.24, 2.45) is 0 Å². The van der Waals surface area contributed by atoms with Gasteiger partial charge in [0.25, 0.3) is 5.91 Å². The Balaban J connectivity index is 1.70. The molecular weight excluding hydrogens is 340 g/mol. The lowest BCUT2D eigenvalue weighted by atomic mass is 10.0. The van der Waals surface area contributed by atoms with E-state index in [1.807, 2.05) is 41.3 Å². The van der Waals surface area contributed by atoms with Gasteiger partial charge >= 0.3 is 0 Å². The molecule has 0 saturated carbocycles. The van der Waals surface area contributed by atoms with Crippen molar-refractivity contribution in [1.82, 2.24) is 9.88 Å². The Bertz CT molecular complexity index is 868. The number of hydrogen-bond donors (Lipinski definition) is 1. The van der Waals surface area contributed by atoms with E-state index in [0.717, 1.165) is 28.5 Å². The highest BCUT2D eigenvalue weighted by atomic mass is 79.9. The predicted octanol–water partition coefficient (Wildman–Crippen LogP) is 4.13. The Morgan fingerprint density at radius 2 is 1.86 bits per heavy atom. The van der Waals surface area contributed by atoms with Crippen molar-refractivity contribution in [2.45, 2.75) is 13.0 Å². The lowest BCUT2D eigenvalue weighted by Crippen LogP contribution is -2.35. The molecule has 1 N–H and O–H groups in total. The summed E-state index contributed by atoms with van der Waals surface area (Å²) in [5.41, 5.74) is 4.40. The Morgan fingerprint density at radius 3 is 2.73 bits per heavy atom. The Kier molecular flexibility index (Phi) is 3.26. The average Bonchev–Trinajstić information content (AvgIpc) is 2.92. The third-order valence-corrected chi connectivity index (χ3v) is 4.97. The molecule has 0 fully saturated rings. The van der Waals surface area contributed by atoms with E-state index in [1.54, 1.807) is 0 Å². The van der Waals surface area contributed by atoms with Gasteiger partial charge in [-0.25, -0.2) is 0 Å². The monoisotopic (exact) mass is 354 g/mol. The summed E-state index contributed by atoms with van der Waals surface area (Å²) in [4.78, 5) is 18.2. The van der Waals surface area contributed by atoms with Crippen molar-refractivity contribution in [2.75, 3.05) is 6.54 Å². The van der Waals surface area contributed by atoms with Crippen LogP contribution in [0.5, 0.6) is 0 Å². The van der Waals surface area contributed by atoms with E-state index in [2.05, 4.69) is 33.0 Å². The van der Waals surface area contributed by atoms with Gasteiger partial charge in [-0.3, -0.25) is 4.79 Å². The van der Waals surface area contributed by atoms with Gasteiger partial charge < -0.3 is 9.88 Å². The molecule has 0 aliphatic carbocycles. The number of nitrogens with zero attached hydrogens (tertiary/aromatic N) is 1. The van der Waals surface area contributed by atoms with Crippen LogP contribution in [-0.4, -0.2) is 22.3 Å². The van der Waals surface area contributed by atoms with Crippen molar-refractivity contribution in [3.05, 3.63) is 69.8 Å². The van der Waals surface area contributed by atoms with Gasteiger partial charge in [0.05, 0.1) is 5.56 Å². The lowest BCUT2D eigenvalue weighted by Gasteiger charge is -2.27. The van der Waals surface area contributed by atoms with Gasteiger partial charge in [0.1, 0.15) is 0 Å². The van der Waals surface area contributed by atoms with Crippen molar-refractivity contribution < 1.29 is 4.79 Å². The van der Waals surface area contributed by atoms with Gasteiger partial charge in [0.2, 0.25) is 0 Å². The summed E-state index contributed by atoms with van der Waals surface area (Å²) in [6.07, 6.45) is 0.875. The molecular formula is C18H15BrN2O. The van der Waals surface area contributed by atoms with Gasteiger partial charge in [-0.2, -0.15) is 0 Å². The number of carbonyl (C=O) groups is 1. The molecule has 1 aliphatic heterocycles. The van der Waals surface area contributed by atoms with Crippen LogP contribution in [0.25, 0.3) is 10.9 Å². The number of carbonyl (C=O) groups excluding carboxylic acids is 1. The maximum atomic E-state index is 12.8. The van der Waals surface area contributed by atoms with Crippen molar-refractivity contribution in [3.8, 4) is 0 Å². The molecule has 4 heteroatoms. The molecule has 0 saturated heterocycles. The van der Waals surface area contributed by atoms with Crippen LogP contribution in [0.2, 0.25) is 0 Å². The third-order valence-electron chi connectivity index (χ3n) is 4.27. The highest BCUT2D eigenvalue weighted by Gasteiger charge is 2.25. The minimum atomic E-state index is 0.0865. The number of benzene rings is 2. The summed E-state index contributed by atoms with van der Waals surface area (Å²) >= 11 is 3.47. The Morgan fingerprint density at radius 1 is 1.09 bits per heavy atom. The first-order valence-electron chi connectivity index (χ1n) is 7.36. The van der Waals surface area contributed by atoms with Crippen molar-refractivity contribution >= 4 is 32.7 Å². The number of aromatic nitrogens is 1. The Hall–Kier alpha value is -2.07. The lowest BCUT2D eigenvalue weighted by molar-refractivity contribution is 0.0734. The normalized spacial score (nSPS) is 14.1. The van der Waals surface area contributed by atoms with Gasteiger partial charge in [-0.1, -0.05) is 30.3 Å². The highest BCUT2D eigenvalue weighted by molar-refractivity contribution is 9.10. The zero-order chi connectivity index (χ0) is 15.1. The van der Waals surface area contributed by atoms with Crippen LogP contribution in [0.3, 0.4) is 0 Å². The van der Waals surface area contributed by atoms with E-state index in [1.165, 1.54) is 16.6 Å². The highest BCUT2D eigenvalue weighted by Crippen LogP contribution is 2.29. The molecule has 3 aromatic rings. The quantitative estimate of drug-likeness (QED) is 0.700. The molecule has 22 heavy (non-hydrogen) atoms. The first kappa shape index (κ1) is 13.6. The number of H-pyrrole nitrogens is 1. The molecule has 1 amide bonds. The zero-order valence-electron chi connectivity index (χ0n) is 12.0. The zero-order valence-corrected chi connectivity index (χ0v) is 13.6. The summed E-state index contributed by atoms with van der Waals surface area (Å²) in [5.74, 6) is 0.0865. The third kappa shape index (κ3) is 2.15. The SMILES string of the molecule is O=C(c1ccccc1Br)N1CCc2[nH]c3ccccc3c2C1. The summed E-state index contributed by atoms with van der Waals surface area (Å²) in [6, 6.07) is 15.9. The maximum absolute atomic E-state index is 12.8. The minimum Gasteiger partial charge on any atom is -0.358 e. The summed E-state index contributed by atoms with van der Waals surface area (Å²) in [7, 11) is 0. The molecule has 0 unspecified atom stereocenters. The molecule has 0 spiro atoms. The molecule has 1 aromatic heterocycles. The van der Waals surface area contributed by atoms with Crippen LogP contribution in [0.4, 0.5) is 0 Å². The van der Waals surface area contributed by atoms with Gasteiger partial charge in [0.15, 0.2) is 0 Å². The largest absolute Gasteiger partial charge is 0.358 e. The molecule has 1 aliphatic rings.